The van der Waals surface area contributed by atoms with Crippen LogP contribution < -0.4 is 5.11 Å². The monoisotopic (exact) mass is 339 g/mol. The normalized spacial score (nSPS) is 14.3. The quantitative estimate of drug-likeness (QED) is 0.445. The van der Waals surface area contributed by atoms with Gasteiger partial charge in [-0.05, 0) is 18.1 Å². The number of carbonyl (C=O) groups is 3. The maximum Gasteiger partial charge on any atom is 0.282 e. The molecule has 0 saturated heterocycles. The van der Waals surface area contributed by atoms with Gasteiger partial charge in [0, 0.05) is 6.07 Å². The molecule has 3 rings (SSSR count). The van der Waals surface area contributed by atoms with Gasteiger partial charge in [0.15, 0.2) is 0 Å². The lowest BCUT2D eigenvalue weighted by molar-refractivity contribution is -0.385. The number of imide groups is 1. The van der Waals surface area contributed by atoms with Crippen molar-refractivity contribution in [1.82, 2.24) is 4.90 Å². The molecule has 0 bridgehead atoms. The molecule has 126 valence electrons. The smallest absolute Gasteiger partial charge is 0.282 e. The van der Waals surface area contributed by atoms with Crippen LogP contribution in [0.5, 0.6) is 0 Å². The van der Waals surface area contributed by atoms with Crippen LogP contribution in [0.1, 0.15) is 26.3 Å². The van der Waals surface area contributed by atoms with Crippen molar-refractivity contribution in [3.05, 3.63) is 75.3 Å². The summed E-state index contributed by atoms with van der Waals surface area (Å²) in [5, 5.41) is 22.7. The number of nitrogens with zero attached hydrogens (tertiary/aromatic N) is 2. The summed E-state index contributed by atoms with van der Waals surface area (Å²) in [5.74, 6) is -3.49. The van der Waals surface area contributed by atoms with Gasteiger partial charge >= 0.3 is 0 Å². The minimum atomic E-state index is -1.61. The SMILES string of the molecule is O=C([O-])[C@H](Cc1ccccc1)N1C(=O)c2cccc([N+](=O)[O-])c2C1=O. The van der Waals surface area contributed by atoms with E-state index in [1.165, 1.54) is 12.1 Å². The molecular formula is C17H11N2O6-. The molecule has 2 aromatic rings. The molecule has 8 nitrogen and oxygen atoms in total. The van der Waals surface area contributed by atoms with E-state index in [1.807, 2.05) is 0 Å². The maximum atomic E-state index is 12.6. The third-order valence-corrected chi connectivity index (χ3v) is 3.98. The number of carboxylic acids is 1. The van der Waals surface area contributed by atoms with E-state index in [2.05, 4.69) is 0 Å². The van der Waals surface area contributed by atoms with Crippen molar-refractivity contribution < 1.29 is 24.4 Å². The molecule has 0 aromatic heterocycles. The zero-order valence-corrected chi connectivity index (χ0v) is 12.7. The predicted octanol–water partition coefficient (Wildman–Crippen LogP) is 0.552. The number of hydrogen-bond donors (Lipinski definition) is 0. The molecule has 1 aliphatic rings. The highest BCUT2D eigenvalue weighted by Gasteiger charge is 2.44. The molecule has 8 heteroatoms. The van der Waals surface area contributed by atoms with Crippen molar-refractivity contribution in [2.24, 2.45) is 0 Å². The van der Waals surface area contributed by atoms with Gasteiger partial charge in [-0.25, -0.2) is 0 Å². The van der Waals surface area contributed by atoms with Crippen molar-refractivity contribution in [3.8, 4) is 0 Å². The first-order valence-electron chi connectivity index (χ1n) is 7.32. The first kappa shape index (κ1) is 16.3. The average Bonchev–Trinajstić information content (AvgIpc) is 2.85. The van der Waals surface area contributed by atoms with E-state index in [4.69, 9.17) is 0 Å². The number of fused-ring (bicyclic) bond motifs is 1. The topological polar surface area (TPSA) is 121 Å². The van der Waals surface area contributed by atoms with Crippen LogP contribution in [0, 0.1) is 10.1 Å². The molecule has 0 aliphatic carbocycles. The van der Waals surface area contributed by atoms with Crippen LogP contribution >= 0.6 is 0 Å². The van der Waals surface area contributed by atoms with Crippen LogP contribution in [0.3, 0.4) is 0 Å². The van der Waals surface area contributed by atoms with Gasteiger partial charge in [0.25, 0.3) is 17.5 Å². The summed E-state index contributed by atoms with van der Waals surface area (Å²) in [6.45, 7) is 0. The van der Waals surface area contributed by atoms with Crippen LogP contribution in [-0.2, 0) is 11.2 Å². The predicted molar refractivity (Wildman–Crippen MR) is 82.5 cm³/mol. The number of aliphatic carboxylic acids is 1. The Bertz CT molecular complexity index is 893. The molecule has 0 unspecified atom stereocenters. The van der Waals surface area contributed by atoms with E-state index < -0.39 is 40.0 Å². The van der Waals surface area contributed by atoms with E-state index in [1.54, 1.807) is 30.3 Å². The second kappa shape index (κ2) is 6.16. The van der Waals surface area contributed by atoms with Gasteiger partial charge in [0.2, 0.25) is 0 Å². The fourth-order valence-corrected chi connectivity index (χ4v) is 2.84. The molecule has 1 heterocycles. The largest absolute Gasteiger partial charge is 0.548 e. The summed E-state index contributed by atoms with van der Waals surface area (Å²) < 4.78 is 0. The highest BCUT2D eigenvalue weighted by atomic mass is 16.6. The average molecular weight is 339 g/mol. The number of carbonyl (C=O) groups excluding carboxylic acids is 3. The second-order valence-corrected chi connectivity index (χ2v) is 5.46. The van der Waals surface area contributed by atoms with E-state index in [0.717, 1.165) is 6.07 Å². The summed E-state index contributed by atoms with van der Waals surface area (Å²) >= 11 is 0. The van der Waals surface area contributed by atoms with E-state index in [9.17, 15) is 29.6 Å². The van der Waals surface area contributed by atoms with Crippen molar-refractivity contribution in [3.63, 3.8) is 0 Å². The lowest BCUT2D eigenvalue weighted by atomic mass is 10.0. The van der Waals surface area contributed by atoms with Crippen LogP contribution in [-0.4, -0.2) is 33.6 Å². The van der Waals surface area contributed by atoms with Crippen LogP contribution in [0.2, 0.25) is 0 Å². The van der Waals surface area contributed by atoms with Crippen molar-refractivity contribution in [2.75, 3.05) is 0 Å². The van der Waals surface area contributed by atoms with Gasteiger partial charge in [-0.15, -0.1) is 0 Å². The fraction of sp³-hybridized carbons (Fsp3) is 0.118. The minimum Gasteiger partial charge on any atom is -0.548 e. The Kier molecular flexibility index (Phi) is 4.02. The van der Waals surface area contributed by atoms with Crippen molar-refractivity contribution >= 4 is 23.5 Å². The van der Waals surface area contributed by atoms with Gasteiger partial charge < -0.3 is 9.90 Å². The first-order valence-corrected chi connectivity index (χ1v) is 7.32. The summed E-state index contributed by atoms with van der Waals surface area (Å²) in [7, 11) is 0. The molecular weight excluding hydrogens is 328 g/mol. The highest BCUT2D eigenvalue weighted by molar-refractivity contribution is 6.24. The molecule has 0 N–H and O–H groups in total. The van der Waals surface area contributed by atoms with Crippen molar-refractivity contribution in [1.29, 1.82) is 0 Å². The third kappa shape index (κ3) is 2.74. The fourth-order valence-electron chi connectivity index (χ4n) is 2.84. The van der Waals surface area contributed by atoms with Gasteiger partial charge in [-0.3, -0.25) is 24.6 Å². The molecule has 1 atom stereocenters. The Morgan fingerprint density at radius 2 is 1.72 bits per heavy atom. The number of nitro benzene ring substituents is 1. The number of hydrogen-bond acceptors (Lipinski definition) is 6. The zero-order valence-electron chi connectivity index (χ0n) is 12.7. The molecule has 1 aliphatic heterocycles. The number of amides is 2. The standard InChI is InChI=1S/C17H12N2O6/c20-15-11-7-4-8-12(19(24)25)14(11)16(21)18(15)13(17(22)23)9-10-5-2-1-3-6-10/h1-8,13H,9H2,(H,22,23)/p-1/t13-/m0/s1. The first-order chi connectivity index (χ1) is 11.9. The van der Waals surface area contributed by atoms with E-state index >= 15 is 0 Å². The minimum absolute atomic E-state index is 0.150. The molecule has 0 saturated carbocycles. The van der Waals surface area contributed by atoms with Gasteiger partial charge in [0.1, 0.15) is 5.56 Å². The van der Waals surface area contributed by atoms with Gasteiger partial charge in [-0.2, -0.15) is 0 Å². The van der Waals surface area contributed by atoms with Crippen molar-refractivity contribution in [2.45, 2.75) is 12.5 Å². The Balaban J connectivity index is 2.03. The second-order valence-electron chi connectivity index (χ2n) is 5.46. The van der Waals surface area contributed by atoms with Crippen LogP contribution in [0.25, 0.3) is 0 Å². The van der Waals surface area contributed by atoms with Crippen LogP contribution in [0.15, 0.2) is 48.5 Å². The maximum absolute atomic E-state index is 12.6. The molecule has 2 aromatic carbocycles. The molecule has 0 fully saturated rings. The van der Waals surface area contributed by atoms with Gasteiger partial charge in [0.05, 0.1) is 22.5 Å². The summed E-state index contributed by atoms with van der Waals surface area (Å²) in [6, 6.07) is 10.5. The summed E-state index contributed by atoms with van der Waals surface area (Å²) in [5.41, 5.74) is -0.520. The van der Waals surface area contributed by atoms with E-state index in [0.29, 0.717) is 10.5 Å². The Hall–Kier alpha value is -3.55. The molecule has 0 radical (unpaired) electrons. The Morgan fingerprint density at radius 1 is 1.04 bits per heavy atom. The number of carboxylic acid groups (broad SMARTS) is 1. The summed E-state index contributed by atoms with van der Waals surface area (Å²) in [4.78, 5) is 47.5. The Morgan fingerprint density at radius 3 is 2.32 bits per heavy atom. The number of nitro groups is 1. The van der Waals surface area contributed by atoms with Gasteiger partial charge in [-0.1, -0.05) is 36.4 Å². The van der Waals surface area contributed by atoms with Crippen LogP contribution in [0.4, 0.5) is 5.69 Å². The summed E-state index contributed by atoms with van der Waals surface area (Å²) in [6.07, 6.45) is -0.150. The molecule has 0 spiro atoms. The molecule has 2 amide bonds. The molecule has 25 heavy (non-hydrogen) atoms. The number of benzene rings is 2. The lowest BCUT2D eigenvalue weighted by Gasteiger charge is -2.27. The lowest BCUT2D eigenvalue weighted by Crippen LogP contribution is -2.51. The van der Waals surface area contributed by atoms with E-state index in [-0.39, 0.29) is 12.0 Å². The zero-order chi connectivity index (χ0) is 18.1. The Labute approximate surface area is 141 Å². The highest BCUT2D eigenvalue weighted by Crippen LogP contribution is 2.32. The third-order valence-electron chi connectivity index (χ3n) is 3.98. The number of rotatable bonds is 5.